The topological polar surface area (TPSA) is 89.5 Å². The number of benzene rings is 1. The van der Waals surface area contributed by atoms with Crippen LogP contribution in [0.2, 0.25) is 0 Å². The van der Waals surface area contributed by atoms with Crippen molar-refractivity contribution in [1.82, 2.24) is 0 Å². The Morgan fingerprint density at radius 1 is 1.04 bits per heavy atom. The van der Waals surface area contributed by atoms with Crippen molar-refractivity contribution in [2.75, 3.05) is 24.2 Å². The molecule has 2 rings (SSSR count). The first kappa shape index (κ1) is 18.2. The zero-order valence-electron chi connectivity index (χ0n) is 13.6. The van der Waals surface area contributed by atoms with Crippen LogP contribution >= 0.6 is 0 Å². The first-order valence-corrected chi connectivity index (χ1v) is 9.60. The second kappa shape index (κ2) is 8.10. The number of hydrogen-bond donors (Lipinski definition) is 1. The highest BCUT2D eigenvalue weighted by molar-refractivity contribution is 7.91. The van der Waals surface area contributed by atoms with Gasteiger partial charge in [0.25, 0.3) is 10.9 Å². The van der Waals surface area contributed by atoms with Crippen LogP contribution in [0.15, 0.2) is 44.8 Å². The standard InChI is InChI=1S/C17H21NO5S/c1-2-3-11-23-17-14(15(19)16(17)20)18-10-7-12-24(21,22)13-8-5-4-6-9-13/h4-6,8-9,18H,2-3,7,10-12H2,1H3. The summed E-state index contributed by atoms with van der Waals surface area (Å²) in [6.07, 6.45) is 2.05. The molecule has 0 aliphatic carbocycles. The summed E-state index contributed by atoms with van der Waals surface area (Å²) < 4.78 is 29.6. The maximum Gasteiger partial charge on any atom is 0.272 e. The van der Waals surface area contributed by atoms with E-state index in [9.17, 15) is 18.0 Å². The zero-order valence-corrected chi connectivity index (χ0v) is 14.4. The zero-order chi connectivity index (χ0) is 17.6. The van der Waals surface area contributed by atoms with Crippen LogP contribution in [-0.4, -0.2) is 27.3 Å². The van der Waals surface area contributed by atoms with Crippen LogP contribution < -0.4 is 20.9 Å². The third-order valence-electron chi connectivity index (χ3n) is 3.60. The maximum atomic E-state index is 12.1. The number of nitrogens with one attached hydrogen (secondary N) is 1. The van der Waals surface area contributed by atoms with Crippen molar-refractivity contribution in [2.45, 2.75) is 31.1 Å². The Morgan fingerprint density at radius 2 is 1.75 bits per heavy atom. The highest BCUT2D eigenvalue weighted by Crippen LogP contribution is 2.18. The first-order valence-electron chi connectivity index (χ1n) is 7.95. The molecule has 0 fully saturated rings. The van der Waals surface area contributed by atoms with Crippen LogP contribution in [0.3, 0.4) is 0 Å². The van der Waals surface area contributed by atoms with E-state index in [1.165, 1.54) is 0 Å². The molecule has 0 radical (unpaired) electrons. The molecule has 0 aromatic heterocycles. The van der Waals surface area contributed by atoms with Crippen LogP contribution in [0.5, 0.6) is 5.75 Å². The molecule has 0 aliphatic rings. The Bertz CT molecular complexity index is 836. The summed E-state index contributed by atoms with van der Waals surface area (Å²) >= 11 is 0. The molecule has 0 saturated heterocycles. The van der Waals surface area contributed by atoms with Gasteiger partial charge in [0.2, 0.25) is 0 Å². The minimum absolute atomic E-state index is 0.0363. The average molecular weight is 351 g/mol. The van der Waals surface area contributed by atoms with Gasteiger partial charge in [-0.05, 0) is 25.0 Å². The van der Waals surface area contributed by atoms with Gasteiger partial charge in [-0.3, -0.25) is 9.59 Å². The van der Waals surface area contributed by atoms with E-state index in [0.717, 1.165) is 12.8 Å². The molecule has 0 amide bonds. The van der Waals surface area contributed by atoms with Crippen LogP contribution in [0.4, 0.5) is 5.69 Å². The summed E-state index contributed by atoms with van der Waals surface area (Å²) in [4.78, 5) is 23.3. The van der Waals surface area contributed by atoms with Gasteiger partial charge >= 0.3 is 0 Å². The van der Waals surface area contributed by atoms with E-state index < -0.39 is 20.7 Å². The summed E-state index contributed by atoms with van der Waals surface area (Å²) in [6.45, 7) is 2.66. The van der Waals surface area contributed by atoms with E-state index in [-0.39, 0.29) is 28.6 Å². The highest BCUT2D eigenvalue weighted by atomic mass is 32.2. The Morgan fingerprint density at radius 3 is 2.42 bits per heavy atom. The molecule has 7 heteroatoms. The number of sulfone groups is 1. The van der Waals surface area contributed by atoms with Gasteiger partial charge in [-0.25, -0.2) is 8.42 Å². The molecule has 2 aromatic rings. The summed E-state index contributed by atoms with van der Waals surface area (Å²) in [7, 11) is -3.34. The molecule has 0 unspecified atom stereocenters. The van der Waals surface area contributed by atoms with Crippen molar-refractivity contribution < 1.29 is 13.2 Å². The number of unbranched alkanes of at least 4 members (excludes halogenated alkanes) is 1. The molecular weight excluding hydrogens is 330 g/mol. The van der Waals surface area contributed by atoms with Crippen LogP contribution in [0.25, 0.3) is 0 Å². The maximum absolute atomic E-state index is 12.1. The van der Waals surface area contributed by atoms with E-state index >= 15 is 0 Å². The molecular formula is C17H21NO5S. The summed E-state index contributed by atoms with van der Waals surface area (Å²) in [5, 5.41) is 2.82. The molecule has 0 spiro atoms. The fourth-order valence-corrected chi connectivity index (χ4v) is 3.54. The molecule has 0 saturated carbocycles. The van der Waals surface area contributed by atoms with Gasteiger partial charge in [-0.2, -0.15) is 0 Å². The van der Waals surface area contributed by atoms with Crippen LogP contribution in [0, 0.1) is 0 Å². The number of ether oxygens (including phenoxy) is 1. The van der Waals surface area contributed by atoms with Crippen molar-refractivity contribution >= 4 is 15.5 Å². The smallest absolute Gasteiger partial charge is 0.272 e. The molecule has 1 N–H and O–H groups in total. The number of rotatable bonds is 10. The quantitative estimate of drug-likeness (QED) is 0.518. The normalized spacial score (nSPS) is 11.5. The van der Waals surface area contributed by atoms with Gasteiger partial charge in [0.15, 0.2) is 15.6 Å². The Kier molecular flexibility index (Phi) is 6.14. The van der Waals surface area contributed by atoms with Crippen LogP contribution in [0.1, 0.15) is 26.2 Å². The van der Waals surface area contributed by atoms with Gasteiger partial charge in [-0.15, -0.1) is 0 Å². The van der Waals surface area contributed by atoms with Gasteiger partial charge in [-0.1, -0.05) is 31.5 Å². The molecule has 24 heavy (non-hydrogen) atoms. The summed E-state index contributed by atoms with van der Waals surface area (Å²) in [6, 6.07) is 8.22. The average Bonchev–Trinajstić information content (AvgIpc) is 2.60. The second-order valence-corrected chi connectivity index (χ2v) is 7.59. The molecule has 6 nitrogen and oxygen atoms in total. The van der Waals surface area contributed by atoms with Crippen molar-refractivity contribution in [1.29, 1.82) is 0 Å². The van der Waals surface area contributed by atoms with Gasteiger partial charge in [0.05, 0.1) is 17.3 Å². The molecule has 0 aliphatic heterocycles. The minimum atomic E-state index is -3.34. The van der Waals surface area contributed by atoms with Crippen molar-refractivity contribution in [3.8, 4) is 5.75 Å². The molecule has 130 valence electrons. The summed E-state index contributed by atoms with van der Waals surface area (Å²) in [5.41, 5.74) is -1.06. The lowest BCUT2D eigenvalue weighted by Gasteiger charge is -2.13. The Hall–Kier alpha value is -2.15. The third-order valence-corrected chi connectivity index (χ3v) is 5.42. The largest absolute Gasteiger partial charge is 0.487 e. The summed E-state index contributed by atoms with van der Waals surface area (Å²) in [5.74, 6) is 0.0326. The van der Waals surface area contributed by atoms with Crippen molar-refractivity contribution in [2.24, 2.45) is 0 Å². The van der Waals surface area contributed by atoms with E-state index in [1.807, 2.05) is 6.92 Å². The predicted octanol–water partition coefficient (Wildman–Crippen LogP) is 1.74. The minimum Gasteiger partial charge on any atom is -0.487 e. The SMILES string of the molecule is CCCCOc1c(NCCCS(=O)(=O)c2ccccc2)c(=O)c1=O. The fraction of sp³-hybridized carbons (Fsp3) is 0.412. The first-order chi connectivity index (χ1) is 11.5. The molecule has 0 bridgehead atoms. The van der Waals surface area contributed by atoms with Gasteiger partial charge in [0, 0.05) is 6.54 Å². The van der Waals surface area contributed by atoms with E-state index in [4.69, 9.17) is 4.74 Å². The van der Waals surface area contributed by atoms with Gasteiger partial charge < -0.3 is 10.1 Å². The lowest BCUT2D eigenvalue weighted by Crippen LogP contribution is -2.36. The van der Waals surface area contributed by atoms with Crippen molar-refractivity contribution in [3.05, 3.63) is 50.8 Å². The Balaban J connectivity index is 1.86. The highest BCUT2D eigenvalue weighted by Gasteiger charge is 2.22. The van der Waals surface area contributed by atoms with E-state index in [2.05, 4.69) is 5.32 Å². The Labute approximate surface area is 141 Å². The molecule has 0 heterocycles. The molecule has 0 atom stereocenters. The monoisotopic (exact) mass is 351 g/mol. The lowest BCUT2D eigenvalue weighted by molar-refractivity contribution is 0.304. The fourth-order valence-electron chi connectivity index (χ4n) is 2.21. The van der Waals surface area contributed by atoms with Crippen LogP contribution in [-0.2, 0) is 9.84 Å². The number of hydrogen-bond acceptors (Lipinski definition) is 6. The predicted molar refractivity (Wildman–Crippen MR) is 93.4 cm³/mol. The number of anilines is 1. The molecule has 2 aromatic carbocycles. The van der Waals surface area contributed by atoms with Gasteiger partial charge in [0.1, 0.15) is 5.69 Å². The third kappa shape index (κ3) is 4.23. The van der Waals surface area contributed by atoms with E-state index in [0.29, 0.717) is 13.0 Å². The van der Waals surface area contributed by atoms with E-state index in [1.54, 1.807) is 30.3 Å². The second-order valence-electron chi connectivity index (χ2n) is 5.48. The lowest BCUT2D eigenvalue weighted by atomic mass is 10.2. The van der Waals surface area contributed by atoms with Crippen molar-refractivity contribution in [3.63, 3.8) is 0 Å².